The first-order chi connectivity index (χ1) is 13.3. The molecule has 0 aliphatic heterocycles. The third-order valence-electron chi connectivity index (χ3n) is 3.61. The summed E-state index contributed by atoms with van der Waals surface area (Å²) in [5, 5.41) is 5.83. The number of anilines is 2. The third kappa shape index (κ3) is 5.26. The zero-order valence-electron chi connectivity index (χ0n) is 14.9. The van der Waals surface area contributed by atoms with Crippen LogP contribution in [0.4, 0.5) is 11.6 Å². The molecule has 0 radical (unpaired) electrons. The minimum atomic E-state index is -0.317. The Morgan fingerprint density at radius 1 is 1.00 bits per heavy atom. The molecular formula is C20H20N4O3. The molecule has 0 bridgehead atoms. The van der Waals surface area contributed by atoms with Crippen molar-refractivity contribution in [2.45, 2.75) is 0 Å². The van der Waals surface area contributed by atoms with Gasteiger partial charge in [-0.1, -0.05) is 30.3 Å². The number of carbonyl (C=O) groups is 1. The van der Waals surface area contributed by atoms with Crippen molar-refractivity contribution in [2.24, 2.45) is 0 Å². The van der Waals surface area contributed by atoms with Crippen LogP contribution in [-0.4, -0.2) is 36.1 Å². The second-order valence-electron chi connectivity index (χ2n) is 5.58. The summed E-state index contributed by atoms with van der Waals surface area (Å²) in [4.78, 5) is 20.8. The van der Waals surface area contributed by atoms with E-state index in [0.717, 1.165) is 0 Å². The molecule has 3 aromatic rings. The summed E-state index contributed by atoms with van der Waals surface area (Å²) in [5.41, 5.74) is 0.912. The molecule has 3 rings (SSSR count). The fraction of sp³-hybridized carbons (Fsp3) is 0.150. The number of rotatable bonds is 8. The van der Waals surface area contributed by atoms with Gasteiger partial charge in [0.05, 0.1) is 17.9 Å². The SMILES string of the molecule is COCCNc1ncc(C(=O)Nc2ccccc2Oc2ccccc2)cn1. The average molecular weight is 364 g/mol. The topological polar surface area (TPSA) is 85.4 Å². The number of hydrogen-bond acceptors (Lipinski definition) is 6. The molecular weight excluding hydrogens is 344 g/mol. The predicted octanol–water partition coefficient (Wildman–Crippen LogP) is 3.58. The minimum absolute atomic E-state index is 0.317. The molecule has 27 heavy (non-hydrogen) atoms. The Bertz CT molecular complexity index is 870. The zero-order valence-corrected chi connectivity index (χ0v) is 14.9. The number of para-hydroxylation sites is 3. The van der Waals surface area contributed by atoms with Crippen molar-refractivity contribution >= 4 is 17.5 Å². The van der Waals surface area contributed by atoms with Crippen LogP contribution in [0.15, 0.2) is 67.0 Å². The maximum atomic E-state index is 12.5. The molecule has 0 aliphatic carbocycles. The number of amides is 1. The summed E-state index contributed by atoms with van der Waals surface area (Å²) >= 11 is 0. The van der Waals surface area contributed by atoms with Crippen LogP contribution < -0.4 is 15.4 Å². The standard InChI is InChI=1S/C20H20N4O3/c1-26-12-11-21-20-22-13-15(14-23-20)19(25)24-17-9-5-6-10-18(17)27-16-7-3-2-4-8-16/h2-10,13-14H,11-12H2,1H3,(H,24,25)(H,21,22,23). The maximum absolute atomic E-state index is 12.5. The van der Waals surface area contributed by atoms with E-state index >= 15 is 0 Å². The van der Waals surface area contributed by atoms with Gasteiger partial charge in [0.25, 0.3) is 5.91 Å². The highest BCUT2D eigenvalue weighted by molar-refractivity contribution is 6.04. The maximum Gasteiger partial charge on any atom is 0.258 e. The van der Waals surface area contributed by atoms with Gasteiger partial charge in [0.15, 0.2) is 5.75 Å². The fourth-order valence-electron chi connectivity index (χ4n) is 2.27. The van der Waals surface area contributed by atoms with Crippen molar-refractivity contribution in [1.82, 2.24) is 9.97 Å². The van der Waals surface area contributed by atoms with Gasteiger partial charge in [-0.25, -0.2) is 9.97 Å². The Kier molecular flexibility index (Phi) is 6.32. The molecule has 1 heterocycles. The molecule has 0 saturated carbocycles. The Morgan fingerprint density at radius 3 is 2.44 bits per heavy atom. The van der Waals surface area contributed by atoms with Gasteiger partial charge >= 0.3 is 0 Å². The van der Waals surface area contributed by atoms with Crippen molar-refractivity contribution in [3.63, 3.8) is 0 Å². The molecule has 138 valence electrons. The van der Waals surface area contributed by atoms with Gasteiger partial charge in [0, 0.05) is 26.0 Å². The average Bonchev–Trinajstić information content (AvgIpc) is 2.71. The second kappa shape index (κ2) is 9.30. The first-order valence-corrected chi connectivity index (χ1v) is 8.44. The van der Waals surface area contributed by atoms with E-state index < -0.39 is 0 Å². The highest BCUT2D eigenvalue weighted by Crippen LogP contribution is 2.29. The molecule has 7 nitrogen and oxygen atoms in total. The summed E-state index contributed by atoms with van der Waals surface area (Å²) in [5.74, 6) is 1.36. The molecule has 0 unspecified atom stereocenters. The summed E-state index contributed by atoms with van der Waals surface area (Å²) in [7, 11) is 1.62. The Balaban J connectivity index is 1.67. The number of hydrogen-bond donors (Lipinski definition) is 2. The van der Waals surface area contributed by atoms with Crippen LogP contribution in [0.5, 0.6) is 11.5 Å². The number of nitrogens with zero attached hydrogens (tertiary/aromatic N) is 2. The van der Waals surface area contributed by atoms with Crippen LogP contribution in [0.3, 0.4) is 0 Å². The number of methoxy groups -OCH3 is 1. The Labute approximate surface area is 157 Å². The van der Waals surface area contributed by atoms with Crippen LogP contribution in [0, 0.1) is 0 Å². The first-order valence-electron chi connectivity index (χ1n) is 8.44. The zero-order chi connectivity index (χ0) is 18.9. The summed E-state index contributed by atoms with van der Waals surface area (Å²) in [6, 6.07) is 16.6. The summed E-state index contributed by atoms with van der Waals surface area (Å²) in [6.07, 6.45) is 2.94. The molecule has 7 heteroatoms. The Hall–Kier alpha value is -3.45. The van der Waals surface area contributed by atoms with Crippen LogP contribution >= 0.6 is 0 Å². The van der Waals surface area contributed by atoms with E-state index in [-0.39, 0.29) is 5.91 Å². The van der Waals surface area contributed by atoms with Crippen molar-refractivity contribution in [3.05, 3.63) is 72.6 Å². The van der Waals surface area contributed by atoms with E-state index in [1.165, 1.54) is 12.4 Å². The largest absolute Gasteiger partial charge is 0.455 e. The highest BCUT2D eigenvalue weighted by atomic mass is 16.5. The van der Waals surface area contributed by atoms with E-state index in [2.05, 4.69) is 20.6 Å². The molecule has 2 N–H and O–H groups in total. The van der Waals surface area contributed by atoms with Gasteiger partial charge in [-0.3, -0.25) is 4.79 Å². The minimum Gasteiger partial charge on any atom is -0.455 e. The fourth-order valence-corrected chi connectivity index (χ4v) is 2.27. The quantitative estimate of drug-likeness (QED) is 0.594. The van der Waals surface area contributed by atoms with Gasteiger partial charge in [0.2, 0.25) is 5.95 Å². The molecule has 0 saturated heterocycles. The highest BCUT2D eigenvalue weighted by Gasteiger charge is 2.11. The normalized spacial score (nSPS) is 10.3. The van der Waals surface area contributed by atoms with Crippen molar-refractivity contribution in [2.75, 3.05) is 30.9 Å². The molecule has 1 aromatic heterocycles. The lowest BCUT2D eigenvalue weighted by Gasteiger charge is -2.12. The van der Waals surface area contributed by atoms with E-state index in [1.54, 1.807) is 19.2 Å². The van der Waals surface area contributed by atoms with Crippen LogP contribution in [0.25, 0.3) is 0 Å². The van der Waals surface area contributed by atoms with Crippen LogP contribution in [0.1, 0.15) is 10.4 Å². The lowest BCUT2D eigenvalue weighted by Crippen LogP contribution is -2.15. The molecule has 0 fully saturated rings. The molecule has 1 amide bonds. The van der Waals surface area contributed by atoms with Gasteiger partial charge in [-0.2, -0.15) is 0 Å². The summed E-state index contributed by atoms with van der Waals surface area (Å²) in [6.45, 7) is 1.13. The van der Waals surface area contributed by atoms with Crippen molar-refractivity contribution in [3.8, 4) is 11.5 Å². The number of nitrogens with one attached hydrogen (secondary N) is 2. The monoisotopic (exact) mass is 364 g/mol. The first kappa shape index (κ1) is 18.3. The molecule has 0 spiro atoms. The van der Waals surface area contributed by atoms with Crippen molar-refractivity contribution in [1.29, 1.82) is 0 Å². The molecule has 0 aliphatic rings. The van der Waals surface area contributed by atoms with Crippen molar-refractivity contribution < 1.29 is 14.3 Å². The third-order valence-corrected chi connectivity index (χ3v) is 3.61. The lowest BCUT2D eigenvalue weighted by molar-refractivity contribution is 0.102. The van der Waals surface area contributed by atoms with E-state index in [0.29, 0.717) is 41.8 Å². The Morgan fingerprint density at radius 2 is 1.70 bits per heavy atom. The van der Waals surface area contributed by atoms with Gasteiger partial charge in [-0.15, -0.1) is 0 Å². The van der Waals surface area contributed by atoms with Crippen LogP contribution in [0.2, 0.25) is 0 Å². The number of ether oxygens (including phenoxy) is 2. The lowest BCUT2D eigenvalue weighted by atomic mass is 10.2. The number of benzene rings is 2. The van der Waals surface area contributed by atoms with E-state index in [4.69, 9.17) is 9.47 Å². The smallest absolute Gasteiger partial charge is 0.258 e. The van der Waals surface area contributed by atoms with E-state index in [1.807, 2.05) is 42.5 Å². The van der Waals surface area contributed by atoms with Gasteiger partial charge in [-0.05, 0) is 24.3 Å². The van der Waals surface area contributed by atoms with Gasteiger partial charge in [0.1, 0.15) is 5.75 Å². The number of aromatic nitrogens is 2. The molecule has 0 atom stereocenters. The number of carbonyl (C=O) groups excluding carboxylic acids is 1. The second-order valence-corrected chi connectivity index (χ2v) is 5.58. The van der Waals surface area contributed by atoms with Gasteiger partial charge < -0.3 is 20.1 Å². The predicted molar refractivity (Wildman–Crippen MR) is 103 cm³/mol. The molecule has 2 aromatic carbocycles. The summed E-state index contributed by atoms with van der Waals surface area (Å²) < 4.78 is 10.8. The van der Waals surface area contributed by atoms with E-state index in [9.17, 15) is 4.79 Å². The van der Waals surface area contributed by atoms with Crippen LogP contribution in [-0.2, 0) is 4.74 Å².